The number of amides is 1. The molecule has 0 saturated carbocycles. The van der Waals surface area contributed by atoms with Crippen molar-refractivity contribution in [3.05, 3.63) is 76.4 Å². The zero-order valence-electron chi connectivity index (χ0n) is 13.7. The van der Waals surface area contributed by atoms with Crippen LogP contribution in [0, 0.1) is 11.6 Å². The summed E-state index contributed by atoms with van der Waals surface area (Å²) in [5, 5.41) is 4.50. The number of hydrogen-bond acceptors (Lipinski definition) is 3. The van der Waals surface area contributed by atoms with E-state index in [1.165, 1.54) is 41.7 Å². The molecule has 27 heavy (non-hydrogen) atoms. The van der Waals surface area contributed by atoms with Crippen LogP contribution in [-0.2, 0) is 11.2 Å². The van der Waals surface area contributed by atoms with Gasteiger partial charge in [-0.25, -0.2) is 13.8 Å². The normalized spacial score (nSPS) is 11.1. The van der Waals surface area contributed by atoms with Crippen molar-refractivity contribution in [3.63, 3.8) is 0 Å². The smallest absolute Gasteiger partial charge is 0.230 e. The van der Waals surface area contributed by atoms with E-state index in [-0.39, 0.29) is 23.2 Å². The number of carbonyl (C=O) groups is 1. The van der Waals surface area contributed by atoms with Crippen LogP contribution in [0.25, 0.3) is 16.2 Å². The van der Waals surface area contributed by atoms with E-state index in [0.29, 0.717) is 11.4 Å². The summed E-state index contributed by atoms with van der Waals surface area (Å²) in [5.74, 6) is -1.10. The first-order chi connectivity index (χ1) is 13.0. The van der Waals surface area contributed by atoms with Crippen LogP contribution in [0.5, 0.6) is 0 Å². The van der Waals surface area contributed by atoms with Crippen LogP contribution in [0.3, 0.4) is 0 Å². The molecule has 0 spiro atoms. The average Bonchev–Trinajstić information content (AvgIpc) is 3.21. The number of hydrogen-bond donors (Lipinski definition) is 1. The topological polar surface area (TPSA) is 46.4 Å². The van der Waals surface area contributed by atoms with Crippen LogP contribution in [0.1, 0.15) is 5.69 Å². The Hall–Kier alpha value is -2.77. The lowest BCUT2D eigenvalue weighted by atomic mass is 10.2. The standard InChI is InChI=1S/C19H12ClF2N3OS/c20-15-7-13(5-6-16(15)22)23-18(26)8-14-10-27-19-24-17(9-25(14)19)11-1-3-12(21)4-2-11/h1-7,9-10H,8H2,(H,23,26). The molecule has 0 aliphatic rings. The van der Waals surface area contributed by atoms with E-state index in [1.54, 1.807) is 12.1 Å². The third kappa shape index (κ3) is 3.70. The monoisotopic (exact) mass is 403 g/mol. The largest absolute Gasteiger partial charge is 0.326 e. The van der Waals surface area contributed by atoms with Gasteiger partial charge < -0.3 is 5.32 Å². The third-order valence-electron chi connectivity index (χ3n) is 3.97. The molecule has 136 valence electrons. The van der Waals surface area contributed by atoms with Crippen LogP contribution in [-0.4, -0.2) is 15.3 Å². The quantitative estimate of drug-likeness (QED) is 0.510. The van der Waals surface area contributed by atoms with E-state index >= 15 is 0 Å². The summed E-state index contributed by atoms with van der Waals surface area (Å²) < 4.78 is 28.1. The lowest BCUT2D eigenvalue weighted by Gasteiger charge is -2.05. The van der Waals surface area contributed by atoms with E-state index in [0.717, 1.165) is 16.2 Å². The Morgan fingerprint density at radius 3 is 2.70 bits per heavy atom. The van der Waals surface area contributed by atoms with E-state index in [9.17, 15) is 13.6 Å². The Kier molecular flexibility index (Phi) is 4.63. The Morgan fingerprint density at radius 2 is 1.96 bits per heavy atom. The highest BCUT2D eigenvalue weighted by Gasteiger charge is 2.13. The second-order valence-electron chi connectivity index (χ2n) is 5.87. The highest BCUT2D eigenvalue weighted by atomic mass is 35.5. The Morgan fingerprint density at radius 1 is 1.19 bits per heavy atom. The molecule has 1 amide bonds. The molecular weight excluding hydrogens is 392 g/mol. The number of imidazole rings is 1. The minimum absolute atomic E-state index is 0.0516. The van der Waals surface area contributed by atoms with Gasteiger partial charge in [-0.2, -0.15) is 0 Å². The maximum atomic E-state index is 13.2. The fourth-order valence-corrected chi connectivity index (χ4v) is 3.71. The van der Waals surface area contributed by atoms with Crippen molar-refractivity contribution >= 4 is 39.5 Å². The van der Waals surface area contributed by atoms with Crippen molar-refractivity contribution in [1.82, 2.24) is 9.38 Å². The molecule has 0 fully saturated rings. The maximum absolute atomic E-state index is 13.2. The van der Waals surface area contributed by atoms with Crippen molar-refractivity contribution in [2.75, 3.05) is 5.32 Å². The van der Waals surface area contributed by atoms with Crippen molar-refractivity contribution in [2.45, 2.75) is 6.42 Å². The number of nitrogens with one attached hydrogen (secondary N) is 1. The van der Waals surface area contributed by atoms with Crippen molar-refractivity contribution in [1.29, 1.82) is 0 Å². The van der Waals surface area contributed by atoms with Crippen LogP contribution >= 0.6 is 22.9 Å². The molecule has 4 aromatic rings. The second kappa shape index (κ2) is 7.09. The molecule has 4 nitrogen and oxygen atoms in total. The molecule has 1 N–H and O–H groups in total. The number of carbonyl (C=O) groups excluding carboxylic acids is 1. The highest BCUT2D eigenvalue weighted by molar-refractivity contribution is 7.15. The molecule has 0 unspecified atom stereocenters. The Bertz CT molecular complexity index is 1140. The first-order valence-corrected chi connectivity index (χ1v) is 9.21. The van der Waals surface area contributed by atoms with Gasteiger partial charge in [0.15, 0.2) is 4.96 Å². The number of anilines is 1. The first kappa shape index (κ1) is 17.6. The molecule has 0 bridgehead atoms. The summed E-state index contributed by atoms with van der Waals surface area (Å²) in [6.07, 6.45) is 1.94. The molecule has 0 radical (unpaired) electrons. The number of aromatic nitrogens is 2. The van der Waals surface area contributed by atoms with Gasteiger partial charge in [0.2, 0.25) is 5.91 Å². The third-order valence-corrected chi connectivity index (χ3v) is 5.15. The Balaban J connectivity index is 1.54. The van der Waals surface area contributed by atoms with Gasteiger partial charge in [-0.15, -0.1) is 11.3 Å². The minimum atomic E-state index is -0.541. The van der Waals surface area contributed by atoms with E-state index < -0.39 is 5.82 Å². The summed E-state index contributed by atoms with van der Waals surface area (Å²) in [4.78, 5) is 17.6. The van der Waals surface area contributed by atoms with Gasteiger partial charge in [0.25, 0.3) is 0 Å². The van der Waals surface area contributed by atoms with Gasteiger partial charge in [0.1, 0.15) is 11.6 Å². The van der Waals surface area contributed by atoms with E-state index in [4.69, 9.17) is 11.6 Å². The van der Waals surface area contributed by atoms with Gasteiger partial charge in [0.05, 0.1) is 17.1 Å². The summed E-state index contributed by atoms with van der Waals surface area (Å²) >= 11 is 7.14. The van der Waals surface area contributed by atoms with Gasteiger partial charge in [-0.05, 0) is 42.5 Å². The van der Waals surface area contributed by atoms with Crippen molar-refractivity contribution in [2.24, 2.45) is 0 Å². The minimum Gasteiger partial charge on any atom is -0.326 e. The molecule has 2 aromatic carbocycles. The molecule has 0 atom stereocenters. The number of nitrogens with zero attached hydrogens (tertiary/aromatic N) is 2. The predicted octanol–water partition coefficient (Wildman–Crippen LogP) is 5.18. The van der Waals surface area contributed by atoms with E-state index in [1.807, 2.05) is 16.0 Å². The van der Waals surface area contributed by atoms with Crippen molar-refractivity contribution < 1.29 is 13.6 Å². The van der Waals surface area contributed by atoms with Gasteiger partial charge in [-0.3, -0.25) is 9.20 Å². The predicted molar refractivity (Wildman–Crippen MR) is 102 cm³/mol. The van der Waals surface area contributed by atoms with Gasteiger partial charge in [0, 0.05) is 28.5 Å². The first-order valence-electron chi connectivity index (χ1n) is 7.96. The summed E-state index contributed by atoms with van der Waals surface area (Å²) in [7, 11) is 0. The SMILES string of the molecule is O=C(Cc1csc2nc(-c3ccc(F)cc3)cn12)Nc1ccc(F)c(Cl)c1. The lowest BCUT2D eigenvalue weighted by Crippen LogP contribution is -2.15. The van der Waals surface area contributed by atoms with Crippen LogP contribution < -0.4 is 5.32 Å². The molecule has 0 aliphatic heterocycles. The average molecular weight is 404 g/mol. The molecule has 2 aromatic heterocycles. The molecule has 4 rings (SSSR count). The number of fused-ring (bicyclic) bond motifs is 1. The lowest BCUT2D eigenvalue weighted by molar-refractivity contribution is -0.115. The molecular formula is C19H12ClF2N3OS. The maximum Gasteiger partial charge on any atom is 0.230 e. The summed E-state index contributed by atoms with van der Waals surface area (Å²) in [6, 6.07) is 10.1. The zero-order chi connectivity index (χ0) is 19.0. The second-order valence-corrected chi connectivity index (χ2v) is 7.11. The zero-order valence-corrected chi connectivity index (χ0v) is 15.3. The van der Waals surface area contributed by atoms with Crippen LogP contribution in [0.2, 0.25) is 5.02 Å². The van der Waals surface area contributed by atoms with Crippen molar-refractivity contribution in [3.8, 4) is 11.3 Å². The Labute approximate surface area is 162 Å². The molecule has 0 saturated heterocycles. The van der Waals surface area contributed by atoms with Crippen LogP contribution in [0.4, 0.5) is 14.5 Å². The fraction of sp³-hybridized carbons (Fsp3) is 0.0526. The summed E-state index contributed by atoms with van der Waals surface area (Å²) in [6.45, 7) is 0. The number of halogens is 3. The molecule has 2 heterocycles. The number of rotatable bonds is 4. The number of benzene rings is 2. The van der Waals surface area contributed by atoms with Crippen LogP contribution in [0.15, 0.2) is 54.0 Å². The molecule has 8 heteroatoms. The molecule has 0 aliphatic carbocycles. The van der Waals surface area contributed by atoms with Gasteiger partial charge in [-0.1, -0.05) is 11.6 Å². The van der Waals surface area contributed by atoms with E-state index in [2.05, 4.69) is 10.3 Å². The van der Waals surface area contributed by atoms with Gasteiger partial charge >= 0.3 is 0 Å². The fourth-order valence-electron chi connectivity index (χ4n) is 2.66. The summed E-state index contributed by atoms with van der Waals surface area (Å²) in [5.41, 5.74) is 2.69. The number of thiazole rings is 1. The highest BCUT2D eigenvalue weighted by Crippen LogP contribution is 2.25.